The zero-order valence-electron chi connectivity index (χ0n) is 12.6. The maximum absolute atomic E-state index is 12.1. The molecular formula is C15H23N3O3. The standard InChI is InChI=1S/C15H23N3O3/c1-10-7-11(2)17-14(20)13(10)8-16-15(21)18-5-3-12(9-19)4-6-18/h7,12,19H,3-6,8-9H2,1-2H3,(H,16,21)(H,17,20). The normalized spacial score (nSPS) is 16.0. The van der Waals surface area contributed by atoms with E-state index < -0.39 is 0 Å². The quantitative estimate of drug-likeness (QED) is 0.774. The molecule has 1 saturated heterocycles. The summed E-state index contributed by atoms with van der Waals surface area (Å²) in [6.07, 6.45) is 1.65. The number of amides is 2. The lowest BCUT2D eigenvalue weighted by molar-refractivity contribution is 0.137. The van der Waals surface area contributed by atoms with Crippen molar-refractivity contribution in [2.45, 2.75) is 33.2 Å². The third-order valence-corrected chi connectivity index (χ3v) is 4.07. The van der Waals surface area contributed by atoms with Crippen LogP contribution in [0.25, 0.3) is 0 Å². The summed E-state index contributed by atoms with van der Waals surface area (Å²) in [4.78, 5) is 28.5. The first-order chi connectivity index (χ1) is 10.0. The molecule has 0 atom stereocenters. The van der Waals surface area contributed by atoms with E-state index in [1.165, 1.54) is 0 Å². The van der Waals surface area contributed by atoms with Crippen LogP contribution in [0.5, 0.6) is 0 Å². The minimum absolute atomic E-state index is 0.146. The van der Waals surface area contributed by atoms with Crippen molar-refractivity contribution < 1.29 is 9.90 Å². The number of nitrogens with one attached hydrogen (secondary N) is 2. The number of hydrogen-bond acceptors (Lipinski definition) is 3. The number of carbonyl (C=O) groups is 1. The van der Waals surface area contributed by atoms with Gasteiger partial charge in [0.05, 0.1) is 6.54 Å². The molecule has 0 unspecified atom stereocenters. The summed E-state index contributed by atoms with van der Waals surface area (Å²) < 4.78 is 0. The van der Waals surface area contributed by atoms with Crippen LogP contribution in [0.2, 0.25) is 0 Å². The first-order valence-corrected chi connectivity index (χ1v) is 7.34. The SMILES string of the molecule is Cc1cc(C)c(CNC(=O)N2CCC(CO)CC2)c(=O)[nH]1. The average Bonchev–Trinajstić information content (AvgIpc) is 2.46. The van der Waals surface area contributed by atoms with Crippen LogP contribution in [0.1, 0.15) is 29.7 Å². The Morgan fingerprint density at radius 2 is 2.10 bits per heavy atom. The van der Waals surface area contributed by atoms with Crippen LogP contribution in [0.3, 0.4) is 0 Å². The van der Waals surface area contributed by atoms with Gasteiger partial charge in [-0.05, 0) is 44.2 Å². The molecule has 3 N–H and O–H groups in total. The van der Waals surface area contributed by atoms with Crippen LogP contribution in [-0.2, 0) is 6.54 Å². The predicted octanol–water partition coefficient (Wildman–Crippen LogP) is 0.906. The Bertz CT molecular complexity index is 560. The molecule has 1 fully saturated rings. The molecule has 21 heavy (non-hydrogen) atoms. The Labute approximate surface area is 124 Å². The van der Waals surface area contributed by atoms with Crippen molar-refractivity contribution in [2.24, 2.45) is 5.92 Å². The summed E-state index contributed by atoms with van der Waals surface area (Å²) in [6.45, 7) is 5.44. The number of aliphatic hydroxyl groups excluding tert-OH is 1. The van der Waals surface area contributed by atoms with Crippen molar-refractivity contribution in [3.63, 3.8) is 0 Å². The van der Waals surface area contributed by atoms with Crippen LogP contribution in [0.15, 0.2) is 10.9 Å². The van der Waals surface area contributed by atoms with Crippen LogP contribution in [-0.4, -0.2) is 40.7 Å². The molecule has 0 radical (unpaired) electrons. The third-order valence-electron chi connectivity index (χ3n) is 4.07. The number of carbonyl (C=O) groups excluding carboxylic acids is 1. The van der Waals surface area contributed by atoms with Crippen molar-refractivity contribution in [3.05, 3.63) is 33.2 Å². The number of rotatable bonds is 3. The molecule has 1 aliphatic heterocycles. The van der Waals surface area contributed by atoms with Gasteiger partial charge in [-0.25, -0.2) is 4.79 Å². The molecule has 2 amide bonds. The molecular weight excluding hydrogens is 270 g/mol. The molecule has 0 saturated carbocycles. The van der Waals surface area contributed by atoms with Crippen LogP contribution < -0.4 is 10.9 Å². The number of urea groups is 1. The number of aliphatic hydroxyl groups is 1. The van der Waals surface area contributed by atoms with Crippen molar-refractivity contribution in [1.29, 1.82) is 0 Å². The summed E-state index contributed by atoms with van der Waals surface area (Å²) in [7, 11) is 0. The molecule has 0 spiro atoms. The number of hydrogen-bond donors (Lipinski definition) is 3. The monoisotopic (exact) mass is 293 g/mol. The zero-order valence-corrected chi connectivity index (χ0v) is 12.6. The van der Waals surface area contributed by atoms with E-state index >= 15 is 0 Å². The number of pyridine rings is 1. The first-order valence-electron chi connectivity index (χ1n) is 7.34. The van der Waals surface area contributed by atoms with E-state index in [0.717, 1.165) is 24.1 Å². The van der Waals surface area contributed by atoms with E-state index in [-0.39, 0.29) is 24.7 Å². The number of aryl methyl sites for hydroxylation is 2. The van der Waals surface area contributed by atoms with Gasteiger partial charge in [-0.15, -0.1) is 0 Å². The summed E-state index contributed by atoms with van der Waals surface area (Å²) in [5, 5.41) is 11.9. The van der Waals surface area contributed by atoms with Crippen LogP contribution >= 0.6 is 0 Å². The van der Waals surface area contributed by atoms with E-state index in [1.807, 2.05) is 19.9 Å². The summed E-state index contributed by atoms with van der Waals surface area (Å²) in [5.41, 5.74) is 2.15. The average molecular weight is 293 g/mol. The minimum atomic E-state index is -0.147. The molecule has 6 nitrogen and oxygen atoms in total. The molecule has 0 aromatic carbocycles. The van der Waals surface area contributed by atoms with E-state index in [9.17, 15) is 9.59 Å². The fourth-order valence-corrected chi connectivity index (χ4v) is 2.70. The lowest BCUT2D eigenvalue weighted by Crippen LogP contribution is -2.45. The summed E-state index contributed by atoms with van der Waals surface area (Å²) >= 11 is 0. The first kappa shape index (κ1) is 15.6. The van der Waals surface area contributed by atoms with Gasteiger partial charge < -0.3 is 20.3 Å². The molecule has 0 aliphatic carbocycles. The van der Waals surface area contributed by atoms with Crippen molar-refractivity contribution in [1.82, 2.24) is 15.2 Å². The number of likely N-dealkylation sites (tertiary alicyclic amines) is 1. The van der Waals surface area contributed by atoms with Crippen molar-refractivity contribution in [2.75, 3.05) is 19.7 Å². The van der Waals surface area contributed by atoms with Gasteiger partial charge in [0.25, 0.3) is 5.56 Å². The molecule has 1 aliphatic rings. The number of aromatic amines is 1. The topological polar surface area (TPSA) is 85.4 Å². The second-order valence-electron chi connectivity index (χ2n) is 5.71. The molecule has 2 rings (SSSR count). The Balaban J connectivity index is 1.92. The zero-order chi connectivity index (χ0) is 15.4. The highest BCUT2D eigenvalue weighted by Gasteiger charge is 2.22. The highest BCUT2D eigenvalue weighted by molar-refractivity contribution is 5.74. The molecule has 116 valence electrons. The van der Waals surface area contributed by atoms with Gasteiger partial charge in [-0.3, -0.25) is 4.79 Å². The highest BCUT2D eigenvalue weighted by atomic mass is 16.3. The molecule has 0 bridgehead atoms. The molecule has 1 aromatic heterocycles. The Kier molecular flexibility index (Phi) is 5.01. The summed E-state index contributed by atoms with van der Waals surface area (Å²) in [5.74, 6) is 0.302. The number of H-pyrrole nitrogens is 1. The van der Waals surface area contributed by atoms with Crippen molar-refractivity contribution in [3.8, 4) is 0 Å². The largest absolute Gasteiger partial charge is 0.396 e. The molecule has 1 aromatic rings. The van der Waals surface area contributed by atoms with Gasteiger partial charge >= 0.3 is 6.03 Å². The van der Waals surface area contributed by atoms with E-state index in [2.05, 4.69) is 10.3 Å². The second-order valence-corrected chi connectivity index (χ2v) is 5.71. The molecule has 6 heteroatoms. The van der Waals surface area contributed by atoms with Gasteiger partial charge in [0.15, 0.2) is 0 Å². The van der Waals surface area contributed by atoms with Gasteiger partial charge in [-0.1, -0.05) is 0 Å². The highest BCUT2D eigenvalue weighted by Crippen LogP contribution is 2.16. The van der Waals surface area contributed by atoms with E-state index in [4.69, 9.17) is 5.11 Å². The van der Waals surface area contributed by atoms with Gasteiger partial charge in [0, 0.05) is 31.0 Å². The minimum Gasteiger partial charge on any atom is -0.396 e. The maximum Gasteiger partial charge on any atom is 0.317 e. The fraction of sp³-hybridized carbons (Fsp3) is 0.600. The Morgan fingerprint density at radius 3 is 2.67 bits per heavy atom. The van der Waals surface area contributed by atoms with Crippen LogP contribution in [0, 0.1) is 19.8 Å². The van der Waals surface area contributed by atoms with Gasteiger partial charge in [0.2, 0.25) is 0 Å². The number of aromatic nitrogens is 1. The number of nitrogens with zero attached hydrogens (tertiary/aromatic N) is 1. The summed E-state index contributed by atoms with van der Waals surface area (Å²) in [6, 6.07) is 1.75. The predicted molar refractivity (Wildman–Crippen MR) is 80.2 cm³/mol. The number of piperidine rings is 1. The van der Waals surface area contributed by atoms with E-state index in [0.29, 0.717) is 24.6 Å². The van der Waals surface area contributed by atoms with Gasteiger partial charge in [0.1, 0.15) is 0 Å². The Hall–Kier alpha value is -1.82. The third kappa shape index (κ3) is 3.85. The van der Waals surface area contributed by atoms with E-state index in [1.54, 1.807) is 4.90 Å². The lowest BCUT2D eigenvalue weighted by Gasteiger charge is -2.31. The second kappa shape index (κ2) is 6.76. The fourth-order valence-electron chi connectivity index (χ4n) is 2.70. The Morgan fingerprint density at radius 1 is 1.43 bits per heavy atom. The van der Waals surface area contributed by atoms with Crippen molar-refractivity contribution >= 4 is 6.03 Å². The smallest absolute Gasteiger partial charge is 0.317 e. The molecule has 2 heterocycles. The van der Waals surface area contributed by atoms with Gasteiger partial charge in [-0.2, -0.15) is 0 Å². The van der Waals surface area contributed by atoms with Crippen LogP contribution in [0.4, 0.5) is 4.79 Å². The lowest BCUT2D eigenvalue weighted by atomic mass is 9.98. The maximum atomic E-state index is 12.1.